The molecule has 0 saturated carbocycles. The molecule has 1 amide bonds. The van der Waals surface area contributed by atoms with Crippen molar-refractivity contribution in [2.24, 2.45) is 0 Å². The lowest BCUT2D eigenvalue weighted by molar-refractivity contribution is -0.138. The Morgan fingerprint density at radius 2 is 2.04 bits per heavy atom. The Kier molecular flexibility index (Phi) is 5.00. The molecule has 0 radical (unpaired) electrons. The van der Waals surface area contributed by atoms with Crippen molar-refractivity contribution in [2.75, 3.05) is 0 Å². The Morgan fingerprint density at radius 1 is 1.35 bits per heavy atom. The summed E-state index contributed by atoms with van der Waals surface area (Å²) in [6, 6.07) is 5.66. The van der Waals surface area contributed by atoms with Crippen LogP contribution in [0, 0.1) is 13.8 Å². The van der Waals surface area contributed by atoms with Crippen LogP contribution in [0.5, 0.6) is 5.75 Å². The molecular weight excluding hydrogens is 300 g/mol. The second-order valence-electron chi connectivity index (χ2n) is 5.12. The Balaban J connectivity index is 2.14. The van der Waals surface area contributed by atoms with Crippen LogP contribution in [0.2, 0.25) is 0 Å². The van der Waals surface area contributed by atoms with Crippen LogP contribution in [0.25, 0.3) is 0 Å². The summed E-state index contributed by atoms with van der Waals surface area (Å²) in [7, 11) is 0. The fourth-order valence-corrected chi connectivity index (χ4v) is 1.97. The standard InChI is InChI=1S/C16H18N2O5/c1-9-13(11(3)23-18-9)8-22-14-7-5-4-6-12(14)15(19)17-10(2)16(20)21/h4-7,10H,8H2,1-3H3,(H,17,19)(H,20,21)/t10-/m0/s1. The maximum absolute atomic E-state index is 12.2. The van der Waals surface area contributed by atoms with Crippen molar-refractivity contribution in [3.8, 4) is 5.75 Å². The Labute approximate surface area is 133 Å². The summed E-state index contributed by atoms with van der Waals surface area (Å²) in [4.78, 5) is 23.0. The molecule has 0 bridgehead atoms. The molecule has 0 fully saturated rings. The summed E-state index contributed by atoms with van der Waals surface area (Å²) in [6.45, 7) is 5.20. The molecule has 7 nitrogen and oxygen atoms in total. The predicted molar refractivity (Wildman–Crippen MR) is 81.3 cm³/mol. The van der Waals surface area contributed by atoms with Crippen LogP contribution < -0.4 is 10.1 Å². The number of hydrogen-bond acceptors (Lipinski definition) is 5. The number of benzene rings is 1. The van der Waals surface area contributed by atoms with E-state index in [0.29, 0.717) is 11.5 Å². The second kappa shape index (κ2) is 6.95. The highest BCUT2D eigenvalue weighted by Gasteiger charge is 2.19. The second-order valence-corrected chi connectivity index (χ2v) is 5.12. The van der Waals surface area contributed by atoms with Gasteiger partial charge in [0, 0.05) is 0 Å². The van der Waals surface area contributed by atoms with Crippen molar-refractivity contribution >= 4 is 11.9 Å². The molecule has 1 atom stereocenters. The lowest BCUT2D eigenvalue weighted by atomic mass is 10.1. The summed E-state index contributed by atoms with van der Waals surface area (Å²) in [5.41, 5.74) is 1.82. The minimum atomic E-state index is -1.10. The summed E-state index contributed by atoms with van der Waals surface area (Å²) in [5, 5.41) is 15.1. The third-order valence-corrected chi connectivity index (χ3v) is 3.40. The van der Waals surface area contributed by atoms with Crippen LogP contribution in [0.15, 0.2) is 28.8 Å². The average molecular weight is 318 g/mol. The maximum atomic E-state index is 12.2. The fraction of sp³-hybridized carbons (Fsp3) is 0.312. The molecule has 2 N–H and O–H groups in total. The van der Waals surface area contributed by atoms with Crippen molar-refractivity contribution in [3.05, 3.63) is 46.8 Å². The first-order valence-corrected chi connectivity index (χ1v) is 7.07. The molecule has 0 saturated heterocycles. The number of nitrogens with one attached hydrogen (secondary N) is 1. The maximum Gasteiger partial charge on any atom is 0.325 e. The zero-order chi connectivity index (χ0) is 17.0. The normalized spacial score (nSPS) is 11.8. The van der Waals surface area contributed by atoms with E-state index in [2.05, 4.69) is 10.5 Å². The van der Waals surface area contributed by atoms with Crippen LogP contribution in [0.4, 0.5) is 0 Å². The molecule has 1 aromatic carbocycles. The zero-order valence-corrected chi connectivity index (χ0v) is 13.1. The van der Waals surface area contributed by atoms with Gasteiger partial charge >= 0.3 is 5.97 Å². The van der Waals surface area contributed by atoms with Crippen LogP contribution in [-0.4, -0.2) is 28.2 Å². The Hall–Kier alpha value is -2.83. The number of para-hydroxylation sites is 1. The third kappa shape index (κ3) is 3.88. The van der Waals surface area contributed by atoms with Crippen LogP contribution in [-0.2, 0) is 11.4 Å². The van der Waals surface area contributed by atoms with Gasteiger partial charge in [-0.3, -0.25) is 9.59 Å². The Bertz CT molecular complexity index is 704. The largest absolute Gasteiger partial charge is 0.488 e. The molecule has 1 aromatic heterocycles. The highest BCUT2D eigenvalue weighted by atomic mass is 16.5. The monoisotopic (exact) mass is 318 g/mol. The van der Waals surface area contributed by atoms with Gasteiger partial charge in [0.2, 0.25) is 0 Å². The number of ether oxygens (including phenoxy) is 1. The van der Waals surface area contributed by atoms with Crippen LogP contribution in [0.3, 0.4) is 0 Å². The van der Waals surface area contributed by atoms with Gasteiger partial charge in [-0.05, 0) is 32.9 Å². The minimum Gasteiger partial charge on any atom is -0.488 e. The van der Waals surface area contributed by atoms with Crippen molar-refractivity contribution in [2.45, 2.75) is 33.4 Å². The van der Waals surface area contributed by atoms with E-state index in [1.807, 2.05) is 6.92 Å². The van der Waals surface area contributed by atoms with E-state index in [1.54, 1.807) is 31.2 Å². The van der Waals surface area contributed by atoms with Gasteiger partial charge < -0.3 is 19.7 Å². The Morgan fingerprint density at radius 3 is 2.65 bits per heavy atom. The van der Waals surface area contributed by atoms with E-state index < -0.39 is 17.9 Å². The van der Waals surface area contributed by atoms with Crippen molar-refractivity contribution in [1.82, 2.24) is 10.5 Å². The van der Waals surface area contributed by atoms with Gasteiger partial charge in [-0.1, -0.05) is 17.3 Å². The number of hydrogen-bond donors (Lipinski definition) is 2. The summed E-state index contributed by atoms with van der Waals surface area (Å²) in [5.74, 6) is -0.590. The zero-order valence-electron chi connectivity index (χ0n) is 13.1. The van der Waals surface area contributed by atoms with Crippen molar-refractivity contribution in [3.63, 3.8) is 0 Å². The lowest BCUT2D eigenvalue weighted by Crippen LogP contribution is -2.38. The summed E-state index contributed by atoms with van der Waals surface area (Å²) >= 11 is 0. The van der Waals surface area contributed by atoms with Gasteiger partial charge in [0.05, 0.1) is 16.8 Å². The van der Waals surface area contributed by atoms with E-state index in [-0.39, 0.29) is 12.2 Å². The van der Waals surface area contributed by atoms with Gasteiger partial charge in [0.15, 0.2) is 0 Å². The number of amides is 1. The average Bonchev–Trinajstić information content (AvgIpc) is 2.84. The third-order valence-electron chi connectivity index (χ3n) is 3.40. The van der Waals surface area contributed by atoms with Crippen molar-refractivity contribution < 1.29 is 24.0 Å². The first-order chi connectivity index (χ1) is 10.9. The number of rotatable bonds is 6. The number of nitrogens with zero attached hydrogens (tertiary/aromatic N) is 1. The molecule has 0 aliphatic carbocycles. The van der Waals surface area contributed by atoms with E-state index in [9.17, 15) is 9.59 Å². The lowest BCUT2D eigenvalue weighted by Gasteiger charge is -2.13. The highest BCUT2D eigenvalue weighted by molar-refractivity contribution is 5.98. The smallest absolute Gasteiger partial charge is 0.325 e. The molecule has 0 spiro atoms. The molecule has 0 aliphatic heterocycles. The van der Waals surface area contributed by atoms with E-state index in [1.165, 1.54) is 6.92 Å². The molecule has 23 heavy (non-hydrogen) atoms. The molecule has 2 aromatic rings. The fourth-order valence-electron chi connectivity index (χ4n) is 1.97. The molecule has 2 rings (SSSR count). The van der Waals surface area contributed by atoms with E-state index in [0.717, 1.165) is 11.3 Å². The topological polar surface area (TPSA) is 102 Å². The minimum absolute atomic E-state index is 0.208. The van der Waals surface area contributed by atoms with E-state index in [4.69, 9.17) is 14.4 Å². The van der Waals surface area contributed by atoms with Gasteiger partial charge in [-0.15, -0.1) is 0 Å². The first-order valence-electron chi connectivity index (χ1n) is 7.07. The molecule has 122 valence electrons. The molecule has 7 heteroatoms. The number of aliphatic carboxylic acids is 1. The predicted octanol–water partition coefficient (Wildman–Crippen LogP) is 2.07. The van der Waals surface area contributed by atoms with Gasteiger partial charge in [0.1, 0.15) is 24.2 Å². The van der Waals surface area contributed by atoms with Gasteiger partial charge in [0.25, 0.3) is 5.91 Å². The molecule has 0 unspecified atom stereocenters. The number of carbonyl (C=O) groups is 2. The number of aryl methyl sites for hydroxylation is 2. The summed E-state index contributed by atoms with van der Waals surface area (Å²) < 4.78 is 10.8. The number of carboxylic acids is 1. The number of carboxylic acid groups (broad SMARTS) is 1. The van der Waals surface area contributed by atoms with Crippen LogP contribution in [0.1, 0.15) is 34.3 Å². The number of carbonyl (C=O) groups excluding carboxylic acids is 1. The molecule has 0 aliphatic rings. The SMILES string of the molecule is Cc1noc(C)c1COc1ccccc1C(=O)N[C@@H](C)C(=O)O. The van der Waals surface area contributed by atoms with Gasteiger partial charge in [-0.2, -0.15) is 0 Å². The van der Waals surface area contributed by atoms with Crippen LogP contribution >= 0.6 is 0 Å². The first kappa shape index (κ1) is 16.5. The van der Waals surface area contributed by atoms with Crippen molar-refractivity contribution in [1.29, 1.82) is 0 Å². The number of aromatic nitrogens is 1. The van der Waals surface area contributed by atoms with Gasteiger partial charge in [-0.25, -0.2) is 0 Å². The van der Waals surface area contributed by atoms with E-state index >= 15 is 0 Å². The quantitative estimate of drug-likeness (QED) is 0.845. The highest BCUT2D eigenvalue weighted by Crippen LogP contribution is 2.21. The molecule has 1 heterocycles. The summed E-state index contributed by atoms with van der Waals surface area (Å²) in [6.07, 6.45) is 0. The molecular formula is C16H18N2O5.